The maximum absolute atomic E-state index is 13.2. The van der Waals surface area contributed by atoms with Crippen LogP contribution in [0.2, 0.25) is 0 Å². The van der Waals surface area contributed by atoms with Crippen LogP contribution in [0.1, 0.15) is 64.7 Å². The minimum Gasteiger partial charge on any atom is -0.462 e. The lowest BCUT2D eigenvalue weighted by atomic mass is 10.0. The summed E-state index contributed by atoms with van der Waals surface area (Å²) in [6.45, 7) is 2.26. The SMILES string of the molecule is CCCCCCCCCCOC(=O)C1=CC(F)=C(F)C(F)(F)C1. The molecule has 0 bridgehead atoms. The first-order valence-corrected chi connectivity index (χ1v) is 8.19. The Balaban J connectivity index is 2.21. The predicted octanol–water partition coefficient (Wildman–Crippen LogP) is 5.79. The Hall–Kier alpha value is -1.33. The molecule has 132 valence electrons. The van der Waals surface area contributed by atoms with E-state index in [2.05, 4.69) is 6.92 Å². The van der Waals surface area contributed by atoms with Crippen LogP contribution in [-0.4, -0.2) is 18.5 Å². The molecule has 0 spiro atoms. The number of halogens is 4. The molecule has 0 N–H and O–H groups in total. The summed E-state index contributed by atoms with van der Waals surface area (Å²) in [4.78, 5) is 11.6. The van der Waals surface area contributed by atoms with Crippen molar-refractivity contribution in [3.05, 3.63) is 23.3 Å². The minimum atomic E-state index is -3.98. The lowest BCUT2D eigenvalue weighted by Gasteiger charge is -2.19. The summed E-state index contributed by atoms with van der Waals surface area (Å²) in [7, 11) is 0. The van der Waals surface area contributed by atoms with Crippen LogP contribution in [0.15, 0.2) is 23.3 Å². The van der Waals surface area contributed by atoms with Crippen molar-refractivity contribution >= 4 is 5.97 Å². The zero-order chi connectivity index (χ0) is 17.3. The summed E-state index contributed by atoms with van der Waals surface area (Å²) in [5.41, 5.74) is -0.534. The fourth-order valence-electron chi connectivity index (χ4n) is 2.38. The van der Waals surface area contributed by atoms with Crippen molar-refractivity contribution in [1.82, 2.24) is 0 Å². The molecule has 0 aromatic rings. The highest BCUT2D eigenvalue weighted by molar-refractivity contribution is 5.89. The van der Waals surface area contributed by atoms with Gasteiger partial charge in [-0.1, -0.05) is 51.9 Å². The second-order valence-corrected chi connectivity index (χ2v) is 5.82. The number of allylic oxidation sites excluding steroid dienone is 3. The molecule has 0 aromatic heterocycles. The summed E-state index contributed by atoms with van der Waals surface area (Å²) < 4.78 is 57.1. The standard InChI is InChI=1S/C17H24F4O2/c1-2-3-4-5-6-7-8-9-10-23-16(22)13-11-14(18)15(19)17(20,21)12-13/h11H,2-10,12H2,1H3. The summed E-state index contributed by atoms with van der Waals surface area (Å²) in [5.74, 6) is -8.82. The average Bonchev–Trinajstić information content (AvgIpc) is 2.50. The number of hydrogen-bond donors (Lipinski definition) is 0. The molecule has 0 aromatic carbocycles. The number of hydrogen-bond acceptors (Lipinski definition) is 2. The molecule has 6 heteroatoms. The van der Waals surface area contributed by atoms with E-state index in [-0.39, 0.29) is 6.61 Å². The first kappa shape index (κ1) is 19.7. The first-order chi connectivity index (χ1) is 10.9. The minimum absolute atomic E-state index is 0.102. The van der Waals surface area contributed by atoms with Crippen molar-refractivity contribution in [1.29, 1.82) is 0 Å². The normalized spacial score (nSPS) is 17.2. The topological polar surface area (TPSA) is 26.3 Å². The summed E-state index contributed by atoms with van der Waals surface area (Å²) >= 11 is 0. The second kappa shape index (κ2) is 9.73. The number of ether oxygens (including phenoxy) is 1. The molecular weight excluding hydrogens is 312 g/mol. The molecule has 0 amide bonds. The van der Waals surface area contributed by atoms with Crippen LogP contribution >= 0.6 is 0 Å². The van der Waals surface area contributed by atoms with Gasteiger partial charge in [0.2, 0.25) is 5.83 Å². The van der Waals surface area contributed by atoms with Crippen LogP contribution in [0.25, 0.3) is 0 Å². The zero-order valence-electron chi connectivity index (χ0n) is 13.5. The Kier molecular flexibility index (Phi) is 8.34. The summed E-state index contributed by atoms with van der Waals surface area (Å²) in [5, 5.41) is 0. The maximum atomic E-state index is 13.2. The van der Waals surface area contributed by atoms with Gasteiger partial charge in [-0.3, -0.25) is 0 Å². The molecular formula is C17H24F4O2. The monoisotopic (exact) mass is 336 g/mol. The molecule has 2 nitrogen and oxygen atoms in total. The van der Waals surface area contributed by atoms with Gasteiger partial charge in [-0.15, -0.1) is 0 Å². The van der Waals surface area contributed by atoms with E-state index in [1.165, 1.54) is 25.7 Å². The van der Waals surface area contributed by atoms with Gasteiger partial charge < -0.3 is 4.74 Å². The molecule has 0 saturated carbocycles. The Morgan fingerprint density at radius 2 is 1.65 bits per heavy atom. The first-order valence-electron chi connectivity index (χ1n) is 8.19. The second-order valence-electron chi connectivity index (χ2n) is 5.82. The molecule has 0 radical (unpaired) electrons. The van der Waals surface area contributed by atoms with Gasteiger partial charge >= 0.3 is 11.9 Å². The number of carbonyl (C=O) groups excluding carboxylic acids is 1. The quantitative estimate of drug-likeness (QED) is 0.287. The van der Waals surface area contributed by atoms with Crippen LogP contribution in [0, 0.1) is 0 Å². The van der Waals surface area contributed by atoms with Crippen LogP contribution in [0.5, 0.6) is 0 Å². The van der Waals surface area contributed by atoms with Crippen LogP contribution in [-0.2, 0) is 9.53 Å². The molecule has 1 rings (SSSR count). The van der Waals surface area contributed by atoms with E-state index < -0.39 is 35.5 Å². The third-order valence-corrected chi connectivity index (χ3v) is 3.74. The molecule has 1 aliphatic carbocycles. The van der Waals surface area contributed by atoms with E-state index in [9.17, 15) is 22.4 Å². The molecule has 0 unspecified atom stereocenters. The lowest BCUT2D eigenvalue weighted by Crippen LogP contribution is -2.25. The molecule has 0 heterocycles. The lowest BCUT2D eigenvalue weighted by molar-refractivity contribution is -0.140. The van der Waals surface area contributed by atoms with Gasteiger partial charge in [0.25, 0.3) is 0 Å². The van der Waals surface area contributed by atoms with Crippen LogP contribution < -0.4 is 0 Å². The maximum Gasteiger partial charge on any atom is 0.334 e. The Morgan fingerprint density at radius 1 is 1.09 bits per heavy atom. The summed E-state index contributed by atoms with van der Waals surface area (Å²) in [6, 6.07) is 0. The van der Waals surface area contributed by atoms with Gasteiger partial charge in [0.15, 0.2) is 5.83 Å². The van der Waals surface area contributed by atoms with E-state index in [4.69, 9.17) is 4.74 Å². The number of esters is 1. The highest BCUT2D eigenvalue weighted by Gasteiger charge is 2.43. The van der Waals surface area contributed by atoms with Crippen molar-refractivity contribution in [3.63, 3.8) is 0 Å². The number of alkyl halides is 2. The zero-order valence-corrected chi connectivity index (χ0v) is 13.5. The van der Waals surface area contributed by atoms with Crippen molar-refractivity contribution in [2.24, 2.45) is 0 Å². The number of rotatable bonds is 10. The fourth-order valence-corrected chi connectivity index (χ4v) is 2.38. The molecule has 23 heavy (non-hydrogen) atoms. The fraction of sp³-hybridized carbons (Fsp3) is 0.706. The highest BCUT2D eigenvalue weighted by Crippen LogP contribution is 2.39. The largest absolute Gasteiger partial charge is 0.462 e. The Labute approximate surface area is 134 Å². The molecule has 0 atom stereocenters. The van der Waals surface area contributed by atoms with Gasteiger partial charge in [0.05, 0.1) is 13.0 Å². The van der Waals surface area contributed by atoms with Gasteiger partial charge in [-0.05, 0) is 12.5 Å². The van der Waals surface area contributed by atoms with Crippen molar-refractivity contribution in [3.8, 4) is 0 Å². The third-order valence-electron chi connectivity index (χ3n) is 3.74. The van der Waals surface area contributed by atoms with Crippen molar-refractivity contribution in [2.75, 3.05) is 6.61 Å². The Bertz CT molecular complexity index is 456. The van der Waals surface area contributed by atoms with Crippen LogP contribution in [0.4, 0.5) is 17.6 Å². The molecule has 0 fully saturated rings. The highest BCUT2D eigenvalue weighted by atomic mass is 19.3. The van der Waals surface area contributed by atoms with Crippen LogP contribution in [0.3, 0.4) is 0 Å². The van der Waals surface area contributed by atoms with Gasteiger partial charge in [-0.25, -0.2) is 13.6 Å². The molecule has 0 saturated heterocycles. The Morgan fingerprint density at radius 3 is 2.22 bits per heavy atom. The van der Waals surface area contributed by atoms with E-state index in [1.54, 1.807) is 0 Å². The number of unbranched alkanes of at least 4 members (excludes halogenated alkanes) is 7. The van der Waals surface area contributed by atoms with Gasteiger partial charge in [0, 0.05) is 5.57 Å². The van der Waals surface area contributed by atoms with Crippen molar-refractivity contribution < 1.29 is 27.1 Å². The predicted molar refractivity (Wildman–Crippen MR) is 80.5 cm³/mol. The molecule has 1 aliphatic rings. The van der Waals surface area contributed by atoms with Gasteiger partial charge in [0.1, 0.15) is 0 Å². The van der Waals surface area contributed by atoms with E-state index >= 15 is 0 Å². The van der Waals surface area contributed by atoms with E-state index in [1.807, 2.05) is 0 Å². The smallest absolute Gasteiger partial charge is 0.334 e. The molecule has 0 aliphatic heterocycles. The average molecular weight is 336 g/mol. The summed E-state index contributed by atoms with van der Waals surface area (Å²) in [6.07, 6.45) is 7.85. The number of carbonyl (C=O) groups is 1. The van der Waals surface area contributed by atoms with E-state index in [0.29, 0.717) is 12.5 Å². The van der Waals surface area contributed by atoms with Crippen molar-refractivity contribution in [2.45, 2.75) is 70.6 Å². The van der Waals surface area contributed by atoms with Gasteiger partial charge in [-0.2, -0.15) is 8.78 Å². The third kappa shape index (κ3) is 6.75. The van der Waals surface area contributed by atoms with E-state index in [0.717, 1.165) is 19.3 Å².